The summed E-state index contributed by atoms with van der Waals surface area (Å²) >= 11 is 1.53. The van der Waals surface area contributed by atoms with E-state index in [1.807, 2.05) is 41.1 Å². The summed E-state index contributed by atoms with van der Waals surface area (Å²) in [6.45, 7) is 1.93. The van der Waals surface area contributed by atoms with Crippen molar-refractivity contribution in [2.24, 2.45) is 4.99 Å². The number of aliphatic imine (C=N–C) groups is 1. The number of sulfone groups is 1. The number of hydrogen-bond donors (Lipinski definition) is 0. The van der Waals surface area contributed by atoms with E-state index in [1.165, 1.54) is 23.8 Å². The van der Waals surface area contributed by atoms with E-state index in [0.29, 0.717) is 5.65 Å². The van der Waals surface area contributed by atoms with Gasteiger partial charge < -0.3 is 0 Å². The molecule has 4 heterocycles. The van der Waals surface area contributed by atoms with Gasteiger partial charge in [-0.05, 0) is 25.1 Å². The Bertz CT molecular complexity index is 1320. The molecule has 27 heavy (non-hydrogen) atoms. The van der Waals surface area contributed by atoms with Gasteiger partial charge in [0.2, 0.25) is 0 Å². The molecule has 0 aliphatic carbocycles. The molecule has 0 aliphatic heterocycles. The van der Waals surface area contributed by atoms with Gasteiger partial charge in [-0.3, -0.25) is 13.8 Å². The van der Waals surface area contributed by atoms with Crippen molar-refractivity contribution in [3.8, 4) is 11.3 Å². The number of aromatic nitrogens is 4. The largest absolute Gasteiger partial charge is 0.290 e. The van der Waals surface area contributed by atoms with Gasteiger partial charge in [0.25, 0.3) is 0 Å². The van der Waals surface area contributed by atoms with Crippen LogP contribution in [0.2, 0.25) is 0 Å². The van der Waals surface area contributed by atoms with Crippen molar-refractivity contribution in [1.82, 2.24) is 18.8 Å². The molecule has 0 radical (unpaired) electrons. The van der Waals surface area contributed by atoms with E-state index in [9.17, 15) is 8.42 Å². The molecule has 4 aromatic heterocycles. The van der Waals surface area contributed by atoms with Crippen LogP contribution in [0, 0.1) is 0 Å². The maximum Gasteiger partial charge on any atom is 0.194 e. The fourth-order valence-corrected chi connectivity index (χ4v) is 4.49. The van der Waals surface area contributed by atoms with Gasteiger partial charge in [0.1, 0.15) is 11.3 Å². The van der Waals surface area contributed by atoms with Gasteiger partial charge in [0.15, 0.2) is 19.8 Å². The number of hydrogen-bond acceptors (Lipinski definition) is 6. The van der Waals surface area contributed by atoms with Crippen LogP contribution in [0.1, 0.15) is 12.6 Å². The molecule has 0 saturated carbocycles. The molecular weight excluding hydrogens is 382 g/mol. The van der Waals surface area contributed by atoms with E-state index in [2.05, 4.69) is 9.98 Å². The molecule has 0 unspecified atom stereocenters. The first kappa shape index (κ1) is 17.6. The molecular formula is C18H17N5O2S2. The zero-order valence-corrected chi connectivity index (χ0v) is 16.6. The smallest absolute Gasteiger partial charge is 0.194 e. The summed E-state index contributed by atoms with van der Waals surface area (Å²) in [4.78, 5) is 14.1. The van der Waals surface area contributed by atoms with Gasteiger partial charge in [-0.15, -0.1) is 11.3 Å². The third kappa shape index (κ3) is 2.88. The Morgan fingerprint density at radius 2 is 2.11 bits per heavy atom. The van der Waals surface area contributed by atoms with Gasteiger partial charge in [-0.1, -0.05) is 6.08 Å². The van der Waals surface area contributed by atoms with E-state index < -0.39 is 9.84 Å². The van der Waals surface area contributed by atoms with E-state index >= 15 is 0 Å². The van der Waals surface area contributed by atoms with Crippen molar-refractivity contribution in [2.75, 3.05) is 13.3 Å². The molecule has 7 nitrogen and oxygen atoms in total. The third-order valence-electron chi connectivity index (χ3n) is 4.20. The van der Waals surface area contributed by atoms with E-state index in [0.717, 1.165) is 27.6 Å². The van der Waals surface area contributed by atoms with Gasteiger partial charge in [-0.25, -0.2) is 18.4 Å². The molecule has 0 saturated heterocycles. The Morgan fingerprint density at radius 1 is 1.30 bits per heavy atom. The van der Waals surface area contributed by atoms with Crippen molar-refractivity contribution in [2.45, 2.75) is 11.9 Å². The van der Waals surface area contributed by atoms with Crippen LogP contribution in [-0.2, 0) is 9.84 Å². The summed E-state index contributed by atoms with van der Waals surface area (Å²) in [6, 6.07) is 3.72. The summed E-state index contributed by atoms with van der Waals surface area (Å²) in [6.07, 6.45) is 10.1. The highest BCUT2D eigenvalue weighted by atomic mass is 32.2. The number of fused-ring (bicyclic) bond motifs is 2. The maximum absolute atomic E-state index is 12.1. The fraction of sp³-hybridized carbons (Fsp3) is 0.167. The van der Waals surface area contributed by atoms with Crippen LogP contribution in [0.4, 0.5) is 0 Å². The van der Waals surface area contributed by atoms with Crippen LogP contribution in [0.15, 0.2) is 58.3 Å². The highest BCUT2D eigenvalue weighted by Gasteiger charge is 2.20. The molecule has 0 aliphatic rings. The van der Waals surface area contributed by atoms with E-state index in [1.54, 1.807) is 23.7 Å². The van der Waals surface area contributed by atoms with Crippen molar-refractivity contribution >= 4 is 37.5 Å². The number of nitrogens with zero attached hydrogens (tertiary/aromatic N) is 5. The van der Waals surface area contributed by atoms with Gasteiger partial charge in [0, 0.05) is 36.6 Å². The predicted octanol–water partition coefficient (Wildman–Crippen LogP) is 3.11. The quantitative estimate of drug-likeness (QED) is 0.494. The van der Waals surface area contributed by atoms with Gasteiger partial charge >= 0.3 is 0 Å². The molecule has 0 bridgehead atoms. The summed E-state index contributed by atoms with van der Waals surface area (Å²) in [5, 5.41) is 2.12. The third-order valence-corrected chi connectivity index (χ3v) is 6.01. The highest BCUT2D eigenvalue weighted by molar-refractivity contribution is 7.90. The van der Waals surface area contributed by atoms with Crippen LogP contribution in [-0.4, -0.2) is 46.2 Å². The lowest BCUT2D eigenvalue weighted by Crippen LogP contribution is -2.04. The number of allylic oxidation sites excluding steroid dienone is 2. The molecule has 0 amide bonds. The fourth-order valence-electron chi connectivity index (χ4n) is 3.03. The molecule has 138 valence electrons. The maximum atomic E-state index is 12.1. The number of pyridine rings is 1. The first-order valence-corrected chi connectivity index (χ1v) is 10.9. The van der Waals surface area contributed by atoms with Crippen LogP contribution in [0.5, 0.6) is 0 Å². The molecule has 4 aromatic rings. The lowest BCUT2D eigenvalue weighted by atomic mass is 10.1. The molecule has 0 spiro atoms. The number of thiazole rings is 1. The first-order valence-electron chi connectivity index (χ1n) is 8.17. The molecule has 0 N–H and O–H groups in total. The van der Waals surface area contributed by atoms with E-state index in [-0.39, 0.29) is 5.03 Å². The Hall–Kier alpha value is -2.78. The molecule has 0 fully saturated rings. The first-order chi connectivity index (χ1) is 12.9. The summed E-state index contributed by atoms with van der Waals surface area (Å²) in [5.74, 6) is 0. The molecule has 0 aromatic carbocycles. The van der Waals surface area contributed by atoms with Crippen LogP contribution >= 0.6 is 11.3 Å². The van der Waals surface area contributed by atoms with Crippen molar-refractivity contribution in [1.29, 1.82) is 0 Å². The average molecular weight is 400 g/mol. The summed E-state index contributed by atoms with van der Waals surface area (Å²) in [7, 11) is -1.67. The average Bonchev–Trinajstić information content (AvgIpc) is 3.31. The lowest BCUT2D eigenvalue weighted by molar-refractivity contribution is 0.597. The van der Waals surface area contributed by atoms with Gasteiger partial charge in [-0.2, -0.15) is 0 Å². The zero-order chi connectivity index (χ0) is 19.2. The van der Waals surface area contributed by atoms with Crippen LogP contribution < -0.4 is 0 Å². The standard InChI is InChI=1S/C18H17N5O2S2/c1-4-5-13(19-2)16-17(22-8-9-26-18(22)21-16)12-6-7-14-20-10-15(23(14)11-12)27(3,24)25/h4-11H,1-3H3/b5-4-,19-13?. The Morgan fingerprint density at radius 3 is 2.81 bits per heavy atom. The van der Waals surface area contributed by atoms with Gasteiger partial charge in [0.05, 0.1) is 17.6 Å². The second kappa shape index (κ2) is 6.43. The topological polar surface area (TPSA) is 81.1 Å². The normalized spacial score (nSPS) is 13.4. The molecule has 4 rings (SSSR count). The number of rotatable bonds is 4. The zero-order valence-electron chi connectivity index (χ0n) is 15.0. The van der Waals surface area contributed by atoms with E-state index in [4.69, 9.17) is 4.98 Å². The Kier molecular flexibility index (Phi) is 4.20. The Balaban J connectivity index is 2.03. The van der Waals surface area contributed by atoms with Crippen LogP contribution in [0.25, 0.3) is 21.9 Å². The highest BCUT2D eigenvalue weighted by Crippen LogP contribution is 2.29. The minimum absolute atomic E-state index is 0.157. The van der Waals surface area contributed by atoms with Crippen LogP contribution in [0.3, 0.4) is 0 Å². The number of imidazole rings is 2. The minimum atomic E-state index is -3.40. The lowest BCUT2D eigenvalue weighted by Gasteiger charge is -2.07. The second-order valence-corrected chi connectivity index (χ2v) is 8.82. The summed E-state index contributed by atoms with van der Waals surface area (Å²) < 4.78 is 27.7. The minimum Gasteiger partial charge on any atom is -0.290 e. The monoisotopic (exact) mass is 399 g/mol. The Labute approximate surface area is 160 Å². The van der Waals surface area contributed by atoms with Crippen molar-refractivity contribution in [3.05, 3.63) is 53.9 Å². The second-order valence-electron chi connectivity index (χ2n) is 5.99. The van der Waals surface area contributed by atoms with Crippen molar-refractivity contribution < 1.29 is 8.42 Å². The predicted molar refractivity (Wildman–Crippen MR) is 108 cm³/mol. The summed E-state index contributed by atoms with van der Waals surface area (Å²) in [5.41, 5.74) is 3.78. The molecule has 9 heteroatoms. The molecule has 0 atom stereocenters. The van der Waals surface area contributed by atoms with Crippen molar-refractivity contribution in [3.63, 3.8) is 0 Å². The SMILES string of the molecule is C/C=C\C(=NC)c1nc2sccn2c1-c1ccc2ncc(S(C)(=O)=O)n2c1.